The Kier molecular flexibility index (Phi) is 2.27. The van der Waals surface area contributed by atoms with Gasteiger partial charge in [0.05, 0.1) is 5.60 Å². The summed E-state index contributed by atoms with van der Waals surface area (Å²) in [7, 11) is 0. The standard InChI is InChI=1S/C13H18O2/c1-12(7-8-12)13(2,15)9-10-3-5-11(14)6-4-10/h3-6,14-15H,7-9H2,1-2H3. The molecule has 1 unspecified atom stereocenters. The predicted molar refractivity (Wildman–Crippen MR) is 59.8 cm³/mol. The van der Waals surface area contributed by atoms with E-state index >= 15 is 0 Å². The van der Waals surface area contributed by atoms with Gasteiger partial charge in [0, 0.05) is 6.42 Å². The molecule has 1 atom stereocenters. The Morgan fingerprint density at radius 3 is 2.27 bits per heavy atom. The topological polar surface area (TPSA) is 40.5 Å². The smallest absolute Gasteiger partial charge is 0.115 e. The van der Waals surface area contributed by atoms with E-state index in [2.05, 4.69) is 6.92 Å². The van der Waals surface area contributed by atoms with Gasteiger partial charge in [0.2, 0.25) is 0 Å². The number of phenols is 1. The minimum absolute atomic E-state index is 0.0882. The fourth-order valence-corrected chi connectivity index (χ4v) is 1.95. The highest BCUT2D eigenvalue weighted by atomic mass is 16.3. The molecule has 0 radical (unpaired) electrons. The van der Waals surface area contributed by atoms with Crippen LogP contribution >= 0.6 is 0 Å². The molecule has 1 aromatic carbocycles. The first-order valence-electron chi connectivity index (χ1n) is 5.43. The van der Waals surface area contributed by atoms with Crippen molar-refractivity contribution in [2.45, 2.75) is 38.7 Å². The Morgan fingerprint density at radius 2 is 1.80 bits per heavy atom. The van der Waals surface area contributed by atoms with Gasteiger partial charge in [-0.15, -0.1) is 0 Å². The van der Waals surface area contributed by atoms with Crippen LogP contribution in [0.4, 0.5) is 0 Å². The van der Waals surface area contributed by atoms with Crippen LogP contribution in [-0.4, -0.2) is 15.8 Å². The number of aliphatic hydroxyl groups is 1. The first-order chi connectivity index (χ1) is 6.93. The number of rotatable bonds is 3. The zero-order chi connectivity index (χ0) is 11.1. The highest BCUT2D eigenvalue weighted by Crippen LogP contribution is 2.54. The van der Waals surface area contributed by atoms with E-state index in [9.17, 15) is 5.11 Å². The number of benzene rings is 1. The SMILES string of the molecule is CC(O)(Cc1ccc(O)cc1)C1(C)CC1. The van der Waals surface area contributed by atoms with Crippen LogP contribution in [0.15, 0.2) is 24.3 Å². The van der Waals surface area contributed by atoms with E-state index in [0.717, 1.165) is 18.4 Å². The van der Waals surface area contributed by atoms with Gasteiger partial charge in [0.15, 0.2) is 0 Å². The summed E-state index contributed by atoms with van der Waals surface area (Å²) in [5, 5.41) is 19.5. The van der Waals surface area contributed by atoms with Crippen molar-refractivity contribution in [2.24, 2.45) is 5.41 Å². The third-order valence-electron chi connectivity index (χ3n) is 3.78. The summed E-state index contributed by atoms with van der Waals surface area (Å²) < 4.78 is 0. The molecular weight excluding hydrogens is 188 g/mol. The van der Waals surface area contributed by atoms with Crippen molar-refractivity contribution >= 4 is 0 Å². The molecule has 2 rings (SSSR count). The van der Waals surface area contributed by atoms with E-state index in [-0.39, 0.29) is 11.2 Å². The summed E-state index contributed by atoms with van der Waals surface area (Å²) in [5.74, 6) is 0.274. The molecule has 2 N–H and O–H groups in total. The van der Waals surface area contributed by atoms with Gasteiger partial charge >= 0.3 is 0 Å². The van der Waals surface area contributed by atoms with Crippen LogP contribution < -0.4 is 0 Å². The summed E-state index contributed by atoms with van der Waals surface area (Å²) in [5.41, 5.74) is 0.528. The molecule has 1 aliphatic carbocycles. The zero-order valence-electron chi connectivity index (χ0n) is 9.33. The van der Waals surface area contributed by atoms with Crippen molar-refractivity contribution in [1.29, 1.82) is 0 Å². The molecular formula is C13H18O2. The van der Waals surface area contributed by atoms with E-state index in [0.29, 0.717) is 6.42 Å². The minimum Gasteiger partial charge on any atom is -0.508 e. The Bertz CT molecular complexity index is 347. The lowest BCUT2D eigenvalue weighted by Gasteiger charge is -2.30. The van der Waals surface area contributed by atoms with E-state index in [1.165, 1.54) is 0 Å². The maximum Gasteiger partial charge on any atom is 0.115 e. The van der Waals surface area contributed by atoms with Crippen LogP contribution in [-0.2, 0) is 6.42 Å². The third-order valence-corrected chi connectivity index (χ3v) is 3.78. The summed E-state index contributed by atoms with van der Waals surface area (Å²) in [6, 6.07) is 7.08. The summed E-state index contributed by atoms with van der Waals surface area (Å²) >= 11 is 0. The lowest BCUT2D eigenvalue weighted by Crippen LogP contribution is -2.36. The van der Waals surface area contributed by atoms with Crippen LogP contribution in [0.25, 0.3) is 0 Å². The second-order valence-electron chi connectivity index (χ2n) is 5.18. The maximum atomic E-state index is 10.4. The molecule has 1 saturated carbocycles. The van der Waals surface area contributed by atoms with Crippen LogP contribution in [0.3, 0.4) is 0 Å². The summed E-state index contributed by atoms with van der Waals surface area (Å²) in [6.45, 7) is 4.04. The highest BCUT2D eigenvalue weighted by Gasteiger charge is 2.51. The van der Waals surface area contributed by atoms with Gasteiger partial charge in [-0.05, 0) is 42.9 Å². The molecule has 0 saturated heterocycles. The molecule has 82 valence electrons. The quantitative estimate of drug-likeness (QED) is 0.797. The Balaban J connectivity index is 2.11. The molecule has 0 aliphatic heterocycles. The predicted octanol–water partition coefficient (Wildman–Crippen LogP) is 2.49. The van der Waals surface area contributed by atoms with Gasteiger partial charge in [-0.1, -0.05) is 19.1 Å². The van der Waals surface area contributed by atoms with Crippen LogP contribution in [0, 0.1) is 5.41 Å². The highest BCUT2D eigenvalue weighted by molar-refractivity contribution is 5.27. The van der Waals surface area contributed by atoms with Crippen molar-refractivity contribution in [3.8, 4) is 5.75 Å². The van der Waals surface area contributed by atoms with Crippen molar-refractivity contribution in [3.05, 3.63) is 29.8 Å². The van der Waals surface area contributed by atoms with Gasteiger partial charge in [0.25, 0.3) is 0 Å². The van der Waals surface area contributed by atoms with Gasteiger partial charge in [-0.3, -0.25) is 0 Å². The van der Waals surface area contributed by atoms with Crippen molar-refractivity contribution < 1.29 is 10.2 Å². The van der Waals surface area contributed by atoms with Crippen molar-refractivity contribution in [1.82, 2.24) is 0 Å². The Labute approximate surface area is 90.6 Å². The van der Waals surface area contributed by atoms with Gasteiger partial charge in [-0.2, -0.15) is 0 Å². The molecule has 1 fully saturated rings. The first-order valence-corrected chi connectivity index (χ1v) is 5.43. The molecule has 0 amide bonds. The molecule has 0 aromatic heterocycles. The van der Waals surface area contributed by atoms with Crippen molar-refractivity contribution in [2.75, 3.05) is 0 Å². The number of hydrogen-bond acceptors (Lipinski definition) is 2. The Morgan fingerprint density at radius 1 is 1.27 bits per heavy atom. The fourth-order valence-electron chi connectivity index (χ4n) is 1.95. The van der Waals surface area contributed by atoms with Gasteiger partial charge < -0.3 is 10.2 Å². The number of aromatic hydroxyl groups is 1. The molecule has 2 heteroatoms. The third kappa shape index (κ3) is 2.00. The van der Waals surface area contributed by atoms with Crippen LogP contribution in [0.2, 0.25) is 0 Å². The Hall–Kier alpha value is -1.02. The van der Waals surface area contributed by atoms with Crippen LogP contribution in [0.5, 0.6) is 5.75 Å². The molecule has 15 heavy (non-hydrogen) atoms. The van der Waals surface area contributed by atoms with Crippen molar-refractivity contribution in [3.63, 3.8) is 0 Å². The second kappa shape index (κ2) is 3.24. The molecule has 0 heterocycles. The van der Waals surface area contributed by atoms with Gasteiger partial charge in [-0.25, -0.2) is 0 Å². The van der Waals surface area contributed by atoms with E-state index < -0.39 is 5.60 Å². The molecule has 0 bridgehead atoms. The number of phenolic OH excluding ortho intramolecular Hbond substituents is 1. The monoisotopic (exact) mass is 206 g/mol. The minimum atomic E-state index is -0.635. The van der Waals surface area contributed by atoms with Crippen LogP contribution in [0.1, 0.15) is 32.3 Å². The lowest BCUT2D eigenvalue weighted by molar-refractivity contribution is -0.00702. The second-order valence-corrected chi connectivity index (χ2v) is 5.18. The maximum absolute atomic E-state index is 10.4. The zero-order valence-corrected chi connectivity index (χ0v) is 9.33. The largest absolute Gasteiger partial charge is 0.508 e. The molecule has 1 aliphatic rings. The molecule has 0 spiro atoms. The van der Waals surface area contributed by atoms with E-state index in [4.69, 9.17) is 5.11 Å². The lowest BCUT2D eigenvalue weighted by atomic mass is 9.82. The normalized spacial score (nSPS) is 22.1. The summed E-state index contributed by atoms with van der Waals surface area (Å²) in [4.78, 5) is 0. The molecule has 1 aromatic rings. The number of hydrogen-bond donors (Lipinski definition) is 2. The fraction of sp³-hybridized carbons (Fsp3) is 0.538. The van der Waals surface area contributed by atoms with E-state index in [1.54, 1.807) is 12.1 Å². The summed E-state index contributed by atoms with van der Waals surface area (Å²) in [6.07, 6.45) is 2.87. The van der Waals surface area contributed by atoms with Gasteiger partial charge in [0.1, 0.15) is 5.75 Å². The average Bonchev–Trinajstić information content (AvgIpc) is 2.89. The molecule has 2 nitrogen and oxygen atoms in total. The van der Waals surface area contributed by atoms with E-state index in [1.807, 2.05) is 19.1 Å². The average molecular weight is 206 g/mol. The first kappa shape index (κ1) is 10.5.